The van der Waals surface area contributed by atoms with Gasteiger partial charge in [0.1, 0.15) is 0 Å². The van der Waals surface area contributed by atoms with E-state index in [0.717, 1.165) is 5.92 Å². The molecule has 0 radical (unpaired) electrons. The van der Waals surface area contributed by atoms with E-state index in [4.69, 9.17) is 0 Å². The fourth-order valence-electron chi connectivity index (χ4n) is 8.37. The molecule has 180 valence electrons. The van der Waals surface area contributed by atoms with Gasteiger partial charge in [0.15, 0.2) is 0 Å². The van der Waals surface area contributed by atoms with Crippen molar-refractivity contribution >= 4 is 0 Å². The number of hydrogen-bond acceptors (Lipinski definition) is 0. The van der Waals surface area contributed by atoms with Gasteiger partial charge in [0.05, 0.1) is 0 Å². The summed E-state index contributed by atoms with van der Waals surface area (Å²) in [6.45, 7) is 18.0. The predicted molar refractivity (Wildman–Crippen MR) is 142 cm³/mol. The van der Waals surface area contributed by atoms with Crippen LogP contribution in [0.1, 0.15) is 137 Å². The van der Waals surface area contributed by atoms with Gasteiger partial charge in [0.2, 0.25) is 0 Å². The largest absolute Gasteiger partial charge is 0.0879 e. The monoisotopic (exact) mass is 420 g/mol. The van der Waals surface area contributed by atoms with Crippen LogP contribution >= 0.6 is 0 Å². The maximum absolute atomic E-state index is 2.75. The van der Waals surface area contributed by atoms with Crippen molar-refractivity contribution in [3.63, 3.8) is 0 Å². The Morgan fingerprint density at radius 2 is 1.40 bits per heavy atom. The van der Waals surface area contributed by atoms with E-state index in [1.165, 1.54) is 51.4 Å². The SMILES string of the molecule is C.C.C.C.C.C/C=C1/CC[C@@]2(C)C3(C)CCC4(C)C[C@H](C)CCC4(C)C3=CCC12C. The lowest BCUT2D eigenvalue weighted by Gasteiger charge is -2.68. The maximum Gasteiger partial charge on any atom is -0.00198 e. The van der Waals surface area contributed by atoms with Gasteiger partial charge in [-0.3, -0.25) is 0 Å². The van der Waals surface area contributed by atoms with Gasteiger partial charge in [0, 0.05) is 0 Å². The summed E-state index contributed by atoms with van der Waals surface area (Å²) in [5.74, 6) is 0.911. The van der Waals surface area contributed by atoms with Crippen LogP contribution in [0.25, 0.3) is 0 Å². The third-order valence-electron chi connectivity index (χ3n) is 10.7. The van der Waals surface area contributed by atoms with Crippen molar-refractivity contribution in [3.05, 3.63) is 23.3 Å². The molecule has 0 nitrogen and oxygen atoms in total. The minimum atomic E-state index is 0. The molecular formula is C30H60. The first-order chi connectivity index (χ1) is 11.6. The Bertz CT molecular complexity index is 653. The minimum Gasteiger partial charge on any atom is -0.0879 e. The summed E-state index contributed by atoms with van der Waals surface area (Å²) in [5.41, 5.74) is 5.75. The predicted octanol–water partition coefficient (Wildman–Crippen LogP) is 10.9. The van der Waals surface area contributed by atoms with Crippen molar-refractivity contribution in [1.29, 1.82) is 0 Å². The molecule has 4 unspecified atom stereocenters. The lowest BCUT2D eigenvalue weighted by atomic mass is 9.36. The Kier molecular flexibility index (Phi) is 9.66. The Morgan fingerprint density at radius 1 is 0.800 bits per heavy atom. The first kappa shape index (κ1) is 31.7. The van der Waals surface area contributed by atoms with Crippen LogP contribution in [0.4, 0.5) is 0 Å². The van der Waals surface area contributed by atoms with Gasteiger partial charge in [0.25, 0.3) is 0 Å². The van der Waals surface area contributed by atoms with Crippen molar-refractivity contribution in [2.45, 2.75) is 137 Å². The highest BCUT2D eigenvalue weighted by Gasteiger charge is 2.68. The van der Waals surface area contributed by atoms with Gasteiger partial charge >= 0.3 is 0 Å². The second kappa shape index (κ2) is 9.15. The van der Waals surface area contributed by atoms with Crippen molar-refractivity contribution < 1.29 is 0 Å². The van der Waals surface area contributed by atoms with Gasteiger partial charge in [-0.15, -0.1) is 0 Å². The normalized spacial score (nSPS) is 47.4. The van der Waals surface area contributed by atoms with Crippen LogP contribution in [0.15, 0.2) is 23.3 Å². The van der Waals surface area contributed by atoms with Gasteiger partial charge in [-0.25, -0.2) is 0 Å². The molecule has 0 saturated heterocycles. The van der Waals surface area contributed by atoms with E-state index in [9.17, 15) is 0 Å². The molecule has 0 spiro atoms. The molecule has 3 saturated carbocycles. The molecule has 0 aromatic rings. The first-order valence-corrected chi connectivity index (χ1v) is 10.9. The number of fused-ring (bicyclic) bond motifs is 5. The molecule has 4 aliphatic rings. The van der Waals surface area contributed by atoms with Crippen LogP contribution in [-0.4, -0.2) is 0 Å². The average molecular weight is 421 g/mol. The third kappa shape index (κ3) is 3.29. The molecule has 4 aliphatic carbocycles. The smallest absolute Gasteiger partial charge is 0.00198 e. The highest BCUT2D eigenvalue weighted by atomic mass is 14.7. The zero-order valence-corrected chi connectivity index (χ0v) is 17.9. The quantitative estimate of drug-likeness (QED) is 0.342. The van der Waals surface area contributed by atoms with E-state index in [0.29, 0.717) is 27.1 Å². The van der Waals surface area contributed by atoms with E-state index < -0.39 is 0 Å². The van der Waals surface area contributed by atoms with E-state index in [1.54, 1.807) is 5.57 Å². The van der Waals surface area contributed by atoms with Gasteiger partial charge in [-0.1, -0.05) is 102 Å². The van der Waals surface area contributed by atoms with Gasteiger partial charge < -0.3 is 0 Å². The maximum atomic E-state index is 2.75. The lowest BCUT2D eigenvalue weighted by Crippen LogP contribution is -2.60. The number of rotatable bonds is 0. The summed E-state index contributed by atoms with van der Waals surface area (Å²) in [7, 11) is 0. The van der Waals surface area contributed by atoms with E-state index in [1.807, 2.05) is 5.57 Å². The van der Waals surface area contributed by atoms with Crippen LogP contribution in [0.5, 0.6) is 0 Å². The second-order valence-electron chi connectivity index (χ2n) is 11.4. The summed E-state index contributed by atoms with van der Waals surface area (Å²) in [6, 6.07) is 0. The number of allylic oxidation sites excluding steroid dienone is 4. The van der Waals surface area contributed by atoms with E-state index >= 15 is 0 Å². The molecule has 0 bridgehead atoms. The molecule has 0 heteroatoms. The lowest BCUT2D eigenvalue weighted by molar-refractivity contribution is -0.105. The highest BCUT2D eigenvalue weighted by Crippen LogP contribution is 2.77. The summed E-state index contributed by atoms with van der Waals surface area (Å²) in [4.78, 5) is 0. The fraction of sp³-hybridized carbons (Fsp3) is 0.867. The summed E-state index contributed by atoms with van der Waals surface area (Å²) in [6.07, 6.45) is 16.3. The Labute approximate surface area is 193 Å². The van der Waals surface area contributed by atoms with Crippen molar-refractivity contribution in [2.24, 2.45) is 33.0 Å². The first-order valence-electron chi connectivity index (χ1n) is 10.9. The molecule has 0 heterocycles. The topological polar surface area (TPSA) is 0 Å². The van der Waals surface area contributed by atoms with Crippen LogP contribution in [0.2, 0.25) is 0 Å². The highest BCUT2D eigenvalue weighted by molar-refractivity contribution is 5.41. The Morgan fingerprint density at radius 3 is 1.97 bits per heavy atom. The second-order valence-corrected chi connectivity index (χ2v) is 11.4. The van der Waals surface area contributed by atoms with Crippen LogP contribution < -0.4 is 0 Å². The Balaban J connectivity index is 0. The zero-order valence-electron chi connectivity index (χ0n) is 17.9. The fourth-order valence-corrected chi connectivity index (χ4v) is 8.37. The standard InChI is InChI=1S/C25H40.5CH4/c1-8-19-10-14-25(7)22(19,4)13-11-20-23(5)12-9-18(2)17-21(23,3)15-16-24(20,25)6;;;;;/h8,11,18H,9-10,12-17H2,1-7H3;5*1H4/b19-8-;;;;;/t18-,21?,22?,23?,24?,25-;;;;;/m1...../s1. The van der Waals surface area contributed by atoms with E-state index in [-0.39, 0.29) is 37.1 Å². The molecule has 0 aliphatic heterocycles. The summed E-state index contributed by atoms with van der Waals surface area (Å²) >= 11 is 0. The molecule has 3 fully saturated rings. The van der Waals surface area contributed by atoms with Gasteiger partial charge in [-0.2, -0.15) is 0 Å². The van der Waals surface area contributed by atoms with E-state index in [2.05, 4.69) is 60.6 Å². The third-order valence-corrected chi connectivity index (χ3v) is 10.7. The molecule has 0 aromatic carbocycles. The molecule has 30 heavy (non-hydrogen) atoms. The molecule has 0 N–H and O–H groups in total. The van der Waals surface area contributed by atoms with Crippen molar-refractivity contribution in [2.75, 3.05) is 0 Å². The van der Waals surface area contributed by atoms with Crippen LogP contribution in [0, 0.1) is 33.0 Å². The molecule has 0 aromatic heterocycles. The van der Waals surface area contributed by atoms with Crippen molar-refractivity contribution in [1.82, 2.24) is 0 Å². The molecule has 6 atom stereocenters. The molecule has 0 amide bonds. The summed E-state index contributed by atoms with van der Waals surface area (Å²) in [5, 5.41) is 0. The van der Waals surface area contributed by atoms with Crippen LogP contribution in [0.3, 0.4) is 0 Å². The summed E-state index contributed by atoms with van der Waals surface area (Å²) < 4.78 is 0. The Hall–Kier alpha value is -0.520. The zero-order chi connectivity index (χ0) is 18.3. The minimum absolute atomic E-state index is 0. The van der Waals surface area contributed by atoms with Crippen molar-refractivity contribution in [3.8, 4) is 0 Å². The number of hydrogen-bond donors (Lipinski definition) is 0. The van der Waals surface area contributed by atoms with Crippen LogP contribution in [-0.2, 0) is 0 Å². The average Bonchev–Trinajstić information content (AvgIpc) is 2.82. The van der Waals surface area contributed by atoms with Gasteiger partial charge in [-0.05, 0) is 91.3 Å². The molecule has 4 rings (SSSR count). The molecular weight excluding hydrogens is 360 g/mol.